The number of hydrogen-bond donors (Lipinski definition) is 1. The third-order valence-corrected chi connectivity index (χ3v) is 2.90. The topological polar surface area (TPSA) is 72.8 Å². The first kappa shape index (κ1) is 18.9. The Morgan fingerprint density at radius 1 is 0.850 bits per heavy atom. The maximum absolute atomic E-state index is 11.3. The number of carbonyl (C=O) groups excluding carboxylic acids is 1. The Balaban J connectivity index is 3.17. The largest absolute Gasteiger partial charge is 0.481 e. The average molecular weight is 288 g/mol. The molecule has 0 atom stereocenters. The van der Waals surface area contributed by atoms with Crippen LogP contribution in [0.4, 0.5) is 0 Å². The monoisotopic (exact) mass is 288 g/mol. The molecule has 5 nitrogen and oxygen atoms in total. The molecule has 0 spiro atoms. The van der Waals surface area contributed by atoms with Crippen molar-refractivity contribution in [3.63, 3.8) is 0 Å². The van der Waals surface area contributed by atoms with Gasteiger partial charge in [0.25, 0.3) is 0 Å². The smallest absolute Gasteiger partial charge is 0.305 e. The summed E-state index contributed by atoms with van der Waals surface area (Å²) < 4.78 is 10.3. The highest BCUT2D eigenvalue weighted by atomic mass is 16.6. The fraction of sp³-hybridized carbons (Fsp3) is 0.867. The van der Waals surface area contributed by atoms with Gasteiger partial charge in [0.1, 0.15) is 6.61 Å². The Morgan fingerprint density at radius 3 is 2.25 bits per heavy atom. The molecule has 0 bridgehead atoms. The number of esters is 1. The molecule has 0 rings (SSSR count). The maximum atomic E-state index is 11.3. The van der Waals surface area contributed by atoms with Gasteiger partial charge in [-0.15, -0.1) is 0 Å². The van der Waals surface area contributed by atoms with Gasteiger partial charge in [0.2, 0.25) is 0 Å². The number of carboxylic acids is 1. The van der Waals surface area contributed by atoms with E-state index in [0.717, 1.165) is 13.0 Å². The minimum Gasteiger partial charge on any atom is -0.481 e. The van der Waals surface area contributed by atoms with E-state index in [1.165, 1.54) is 25.7 Å². The van der Waals surface area contributed by atoms with E-state index in [-0.39, 0.29) is 25.4 Å². The van der Waals surface area contributed by atoms with Crippen LogP contribution in [0.1, 0.15) is 64.7 Å². The summed E-state index contributed by atoms with van der Waals surface area (Å²) in [6, 6.07) is 0. The number of hydrogen-bond acceptors (Lipinski definition) is 4. The van der Waals surface area contributed by atoms with E-state index < -0.39 is 5.97 Å². The maximum Gasteiger partial charge on any atom is 0.305 e. The lowest BCUT2D eigenvalue weighted by Crippen LogP contribution is -2.11. The molecule has 0 unspecified atom stereocenters. The fourth-order valence-corrected chi connectivity index (χ4v) is 1.74. The van der Waals surface area contributed by atoms with E-state index in [2.05, 4.69) is 6.92 Å². The van der Waals surface area contributed by atoms with Crippen LogP contribution in [0.15, 0.2) is 0 Å². The summed E-state index contributed by atoms with van der Waals surface area (Å²) in [6.07, 6.45) is 7.48. The minimum absolute atomic E-state index is 0.106. The number of carbonyl (C=O) groups is 2. The lowest BCUT2D eigenvalue weighted by Gasteiger charge is -2.06. The number of carboxylic acid groups (broad SMARTS) is 1. The van der Waals surface area contributed by atoms with Gasteiger partial charge in [-0.1, -0.05) is 32.6 Å². The predicted molar refractivity (Wildman–Crippen MR) is 76.6 cm³/mol. The first-order chi connectivity index (χ1) is 9.66. The highest BCUT2D eigenvalue weighted by Crippen LogP contribution is 2.03. The van der Waals surface area contributed by atoms with Crippen LogP contribution in [-0.2, 0) is 19.1 Å². The first-order valence-corrected chi connectivity index (χ1v) is 7.62. The zero-order valence-corrected chi connectivity index (χ0v) is 12.6. The molecule has 0 saturated carbocycles. The highest BCUT2D eigenvalue weighted by molar-refractivity contribution is 5.69. The number of aliphatic carboxylic acids is 1. The van der Waals surface area contributed by atoms with Crippen molar-refractivity contribution in [2.75, 3.05) is 19.8 Å². The Kier molecular flexibility index (Phi) is 13.5. The molecule has 0 aliphatic heterocycles. The predicted octanol–water partition coefficient (Wildman–Crippen LogP) is 3.16. The SMILES string of the molecule is CCCCCCCOCCOC(=O)CCCCC(=O)O. The van der Waals surface area contributed by atoms with Crippen LogP contribution in [-0.4, -0.2) is 36.9 Å². The second-order valence-corrected chi connectivity index (χ2v) is 4.85. The molecule has 1 N–H and O–H groups in total. The molecule has 0 aliphatic rings. The van der Waals surface area contributed by atoms with Gasteiger partial charge in [0, 0.05) is 19.4 Å². The molecule has 0 aromatic carbocycles. The summed E-state index contributed by atoms with van der Waals surface area (Å²) in [5.41, 5.74) is 0. The van der Waals surface area contributed by atoms with E-state index in [0.29, 0.717) is 19.4 Å². The molecule has 118 valence electrons. The third-order valence-electron chi connectivity index (χ3n) is 2.90. The third kappa shape index (κ3) is 15.0. The van der Waals surface area contributed by atoms with Crippen molar-refractivity contribution in [2.24, 2.45) is 0 Å². The number of ether oxygens (including phenoxy) is 2. The Hall–Kier alpha value is -1.10. The normalized spacial score (nSPS) is 10.4. The van der Waals surface area contributed by atoms with Crippen LogP contribution in [0.3, 0.4) is 0 Å². The van der Waals surface area contributed by atoms with Gasteiger partial charge < -0.3 is 14.6 Å². The summed E-state index contributed by atoms with van der Waals surface area (Å²) in [7, 11) is 0. The molecule has 0 fully saturated rings. The van der Waals surface area contributed by atoms with Crippen molar-refractivity contribution in [2.45, 2.75) is 64.7 Å². The second kappa shape index (κ2) is 14.3. The molecule has 0 aromatic heterocycles. The van der Waals surface area contributed by atoms with Crippen molar-refractivity contribution >= 4 is 11.9 Å². The Morgan fingerprint density at radius 2 is 1.55 bits per heavy atom. The molecule has 0 saturated heterocycles. The average Bonchev–Trinajstić information content (AvgIpc) is 2.41. The van der Waals surface area contributed by atoms with Crippen LogP contribution < -0.4 is 0 Å². The van der Waals surface area contributed by atoms with Gasteiger partial charge in [0.15, 0.2) is 0 Å². The van der Waals surface area contributed by atoms with Gasteiger partial charge >= 0.3 is 11.9 Å². The van der Waals surface area contributed by atoms with Crippen molar-refractivity contribution in [1.29, 1.82) is 0 Å². The van der Waals surface area contributed by atoms with Crippen LogP contribution >= 0.6 is 0 Å². The number of unbranched alkanes of at least 4 members (excludes halogenated alkanes) is 5. The van der Waals surface area contributed by atoms with Gasteiger partial charge in [0.05, 0.1) is 6.61 Å². The summed E-state index contributed by atoms with van der Waals surface area (Å²) in [5, 5.41) is 8.44. The highest BCUT2D eigenvalue weighted by Gasteiger charge is 2.03. The minimum atomic E-state index is -0.828. The lowest BCUT2D eigenvalue weighted by atomic mass is 10.2. The van der Waals surface area contributed by atoms with E-state index in [1.54, 1.807) is 0 Å². The van der Waals surface area contributed by atoms with E-state index in [9.17, 15) is 9.59 Å². The molecule has 20 heavy (non-hydrogen) atoms. The van der Waals surface area contributed by atoms with Gasteiger partial charge in [-0.05, 0) is 19.3 Å². The van der Waals surface area contributed by atoms with Crippen LogP contribution in [0.25, 0.3) is 0 Å². The first-order valence-electron chi connectivity index (χ1n) is 7.62. The number of rotatable bonds is 14. The summed E-state index contributed by atoms with van der Waals surface area (Å²) >= 11 is 0. The summed E-state index contributed by atoms with van der Waals surface area (Å²) in [6.45, 7) is 3.63. The van der Waals surface area contributed by atoms with E-state index >= 15 is 0 Å². The summed E-state index contributed by atoms with van der Waals surface area (Å²) in [4.78, 5) is 21.5. The lowest BCUT2D eigenvalue weighted by molar-refractivity contribution is -0.145. The summed E-state index contributed by atoms with van der Waals surface area (Å²) in [5.74, 6) is -1.10. The van der Waals surface area contributed by atoms with Crippen molar-refractivity contribution in [3.05, 3.63) is 0 Å². The molecule has 5 heteroatoms. The molecule has 0 heterocycles. The van der Waals surface area contributed by atoms with Crippen molar-refractivity contribution < 1.29 is 24.2 Å². The Labute approximate surface area is 121 Å². The van der Waals surface area contributed by atoms with Crippen LogP contribution in [0, 0.1) is 0 Å². The standard InChI is InChI=1S/C15H28O5/c1-2-3-4-5-8-11-19-12-13-20-15(18)10-7-6-9-14(16)17/h2-13H2,1H3,(H,16,17). The van der Waals surface area contributed by atoms with Gasteiger partial charge in [-0.2, -0.15) is 0 Å². The molecule has 0 aromatic rings. The van der Waals surface area contributed by atoms with Crippen molar-refractivity contribution in [1.82, 2.24) is 0 Å². The van der Waals surface area contributed by atoms with Crippen LogP contribution in [0.2, 0.25) is 0 Å². The molecular weight excluding hydrogens is 260 g/mol. The molecule has 0 radical (unpaired) electrons. The van der Waals surface area contributed by atoms with Crippen LogP contribution in [0.5, 0.6) is 0 Å². The zero-order chi connectivity index (χ0) is 15.1. The molecule has 0 aliphatic carbocycles. The fourth-order valence-electron chi connectivity index (χ4n) is 1.74. The quantitative estimate of drug-likeness (QED) is 0.392. The van der Waals surface area contributed by atoms with Gasteiger partial charge in [-0.3, -0.25) is 9.59 Å². The second-order valence-electron chi connectivity index (χ2n) is 4.85. The van der Waals surface area contributed by atoms with Crippen molar-refractivity contribution in [3.8, 4) is 0 Å². The zero-order valence-electron chi connectivity index (χ0n) is 12.6. The molecular formula is C15H28O5. The molecule has 0 amide bonds. The van der Waals surface area contributed by atoms with Gasteiger partial charge in [-0.25, -0.2) is 0 Å². The van der Waals surface area contributed by atoms with E-state index in [4.69, 9.17) is 14.6 Å². The Bertz CT molecular complexity index is 253. The van der Waals surface area contributed by atoms with E-state index in [1.807, 2.05) is 0 Å².